The second kappa shape index (κ2) is 12.7. The highest BCUT2D eigenvalue weighted by Gasteiger charge is 2.17. The van der Waals surface area contributed by atoms with Crippen LogP contribution >= 0.6 is 38.5 Å². The van der Waals surface area contributed by atoms with E-state index in [1.54, 1.807) is 30.5 Å². The van der Waals surface area contributed by atoms with E-state index in [1.807, 2.05) is 39.0 Å². The molecular weight excluding hydrogens is 679 g/mol. The van der Waals surface area contributed by atoms with Gasteiger partial charge in [0.25, 0.3) is 11.2 Å². The lowest BCUT2D eigenvalue weighted by molar-refractivity contribution is -0.384. The van der Waals surface area contributed by atoms with E-state index >= 15 is 0 Å². The molecule has 0 N–H and O–H groups in total. The van der Waals surface area contributed by atoms with E-state index in [0.717, 1.165) is 14.5 Å². The molecule has 0 aliphatic carbocycles. The third kappa shape index (κ3) is 6.64. The topological polar surface area (TPSA) is 109 Å². The summed E-state index contributed by atoms with van der Waals surface area (Å²) in [6.07, 6.45) is 2.40. The third-order valence-electron chi connectivity index (χ3n) is 6.05. The summed E-state index contributed by atoms with van der Waals surface area (Å²) in [7, 11) is 0. The second-order valence-corrected chi connectivity index (χ2v) is 10.9. The Bertz CT molecular complexity index is 1620. The summed E-state index contributed by atoms with van der Waals surface area (Å²) in [5.41, 5.74) is 1.76. The number of hydrogen-bond acceptors (Lipinski definition) is 7. The van der Waals surface area contributed by atoms with E-state index in [-0.39, 0.29) is 23.8 Å². The molecule has 0 fully saturated rings. The minimum atomic E-state index is -0.436. The van der Waals surface area contributed by atoms with Crippen molar-refractivity contribution in [2.45, 2.75) is 39.7 Å². The quantitative estimate of drug-likeness (QED) is 0.0758. The standard InChI is InChI=1S/C28H26BrIN4O5/c1-4-17(3)27-32-24-10-9-20(29)14-22(24)28(35)33(27)31-15-19-12-23(30)26(25(13-19)38-5-2)39-16-18-7-6-8-21(11-18)34(36)37/h6-15,17H,4-5,16H2,1-3H3/t17-/m1/s1. The van der Waals surface area contributed by atoms with Crippen molar-refractivity contribution in [3.05, 3.63) is 100 Å². The van der Waals surface area contributed by atoms with Crippen LogP contribution in [0.3, 0.4) is 0 Å². The van der Waals surface area contributed by atoms with Crippen molar-refractivity contribution in [3.8, 4) is 11.5 Å². The van der Waals surface area contributed by atoms with Gasteiger partial charge in [-0.25, -0.2) is 4.98 Å². The fourth-order valence-electron chi connectivity index (χ4n) is 3.88. The molecular formula is C28H26BrIN4O5. The van der Waals surface area contributed by atoms with Crippen molar-refractivity contribution in [2.24, 2.45) is 5.10 Å². The summed E-state index contributed by atoms with van der Waals surface area (Å²) < 4.78 is 14.8. The number of hydrogen-bond donors (Lipinski definition) is 0. The zero-order valence-corrected chi connectivity index (χ0v) is 25.3. The van der Waals surface area contributed by atoms with Crippen molar-refractivity contribution in [1.29, 1.82) is 0 Å². The van der Waals surface area contributed by atoms with Crippen molar-refractivity contribution in [3.63, 3.8) is 0 Å². The average molecular weight is 705 g/mol. The Morgan fingerprint density at radius 2 is 1.97 bits per heavy atom. The molecule has 11 heteroatoms. The summed E-state index contributed by atoms with van der Waals surface area (Å²) in [6, 6.07) is 15.4. The lowest BCUT2D eigenvalue weighted by atomic mass is 10.1. The Balaban J connectivity index is 1.69. The van der Waals surface area contributed by atoms with E-state index < -0.39 is 4.92 Å². The Morgan fingerprint density at radius 1 is 1.18 bits per heavy atom. The third-order valence-corrected chi connectivity index (χ3v) is 7.34. The number of fused-ring (bicyclic) bond motifs is 1. The molecule has 39 heavy (non-hydrogen) atoms. The van der Waals surface area contributed by atoms with Gasteiger partial charge in [0.15, 0.2) is 11.5 Å². The van der Waals surface area contributed by atoms with Gasteiger partial charge in [0, 0.05) is 22.5 Å². The Hall–Kier alpha value is -3.32. The van der Waals surface area contributed by atoms with Crippen LogP contribution in [0.15, 0.2) is 69.0 Å². The van der Waals surface area contributed by atoms with Crippen LogP contribution in [0.25, 0.3) is 10.9 Å². The lowest BCUT2D eigenvalue weighted by Crippen LogP contribution is -2.23. The first-order valence-corrected chi connectivity index (χ1v) is 14.2. The van der Waals surface area contributed by atoms with Gasteiger partial charge in [-0.1, -0.05) is 41.9 Å². The average Bonchev–Trinajstić information content (AvgIpc) is 2.92. The fourth-order valence-corrected chi connectivity index (χ4v) is 5.03. The Kier molecular flexibility index (Phi) is 9.33. The van der Waals surface area contributed by atoms with Crippen molar-refractivity contribution < 1.29 is 14.4 Å². The molecule has 4 aromatic rings. The number of nitrogens with zero attached hydrogens (tertiary/aromatic N) is 4. The van der Waals surface area contributed by atoms with Gasteiger partial charge >= 0.3 is 0 Å². The molecule has 1 atom stereocenters. The van der Waals surface area contributed by atoms with Crippen LogP contribution in [0.5, 0.6) is 11.5 Å². The van der Waals surface area contributed by atoms with E-state index in [1.165, 1.54) is 16.8 Å². The van der Waals surface area contributed by atoms with Crippen molar-refractivity contribution in [2.75, 3.05) is 6.61 Å². The number of halogens is 2. The maximum atomic E-state index is 13.4. The summed E-state index contributed by atoms with van der Waals surface area (Å²) in [6.45, 7) is 6.47. The smallest absolute Gasteiger partial charge is 0.282 e. The van der Waals surface area contributed by atoms with Crippen LogP contribution in [0.2, 0.25) is 0 Å². The summed E-state index contributed by atoms with van der Waals surface area (Å²) >= 11 is 5.58. The fraction of sp³-hybridized carbons (Fsp3) is 0.250. The molecule has 0 amide bonds. The van der Waals surface area contributed by atoms with Crippen molar-refractivity contribution >= 4 is 61.3 Å². The molecule has 202 valence electrons. The predicted molar refractivity (Wildman–Crippen MR) is 163 cm³/mol. The van der Waals surface area contributed by atoms with Gasteiger partial charge in [0.2, 0.25) is 0 Å². The maximum absolute atomic E-state index is 13.4. The lowest BCUT2D eigenvalue weighted by Gasteiger charge is -2.15. The van der Waals surface area contributed by atoms with Gasteiger partial charge in [-0.2, -0.15) is 9.78 Å². The Morgan fingerprint density at radius 3 is 2.69 bits per heavy atom. The maximum Gasteiger partial charge on any atom is 0.282 e. The van der Waals surface area contributed by atoms with Crippen LogP contribution in [0, 0.1) is 13.7 Å². The number of rotatable bonds is 10. The molecule has 0 unspecified atom stereocenters. The first-order chi connectivity index (χ1) is 18.7. The molecule has 0 saturated carbocycles. The minimum Gasteiger partial charge on any atom is -0.490 e. The SMILES string of the molecule is CCOc1cc(C=Nn2c([C@H](C)CC)nc3ccc(Br)cc3c2=O)cc(I)c1OCc1cccc([N+](=O)[O-])c1. The number of nitro groups is 1. The Labute approximate surface area is 247 Å². The van der Waals surface area contributed by atoms with Gasteiger partial charge < -0.3 is 9.47 Å². The van der Waals surface area contributed by atoms with Crippen LogP contribution in [-0.2, 0) is 6.61 Å². The summed E-state index contributed by atoms with van der Waals surface area (Å²) in [5, 5.41) is 16.1. The first kappa shape index (κ1) is 28.7. The number of nitro benzene ring substituents is 1. The normalized spacial score (nSPS) is 12.1. The van der Waals surface area contributed by atoms with Gasteiger partial charge in [-0.15, -0.1) is 0 Å². The second-order valence-electron chi connectivity index (χ2n) is 8.78. The van der Waals surface area contributed by atoms with E-state index in [4.69, 9.17) is 14.5 Å². The van der Waals surface area contributed by atoms with Crippen LogP contribution < -0.4 is 15.0 Å². The van der Waals surface area contributed by atoms with Gasteiger partial charge in [0.1, 0.15) is 12.4 Å². The highest BCUT2D eigenvalue weighted by Crippen LogP contribution is 2.35. The minimum absolute atomic E-state index is 0.00456. The molecule has 1 heterocycles. The molecule has 0 bridgehead atoms. The number of benzene rings is 3. The van der Waals surface area contributed by atoms with Gasteiger partial charge in [-0.05, 0) is 77.4 Å². The molecule has 0 aliphatic heterocycles. The zero-order chi connectivity index (χ0) is 28.1. The van der Waals surface area contributed by atoms with Crippen molar-refractivity contribution in [1.82, 2.24) is 9.66 Å². The molecule has 4 rings (SSSR count). The molecule has 0 spiro atoms. The van der Waals surface area contributed by atoms with Crippen LogP contribution in [0.1, 0.15) is 50.1 Å². The van der Waals surface area contributed by atoms with Gasteiger partial charge in [-0.3, -0.25) is 14.9 Å². The molecule has 1 aromatic heterocycles. The monoisotopic (exact) mass is 704 g/mol. The highest BCUT2D eigenvalue weighted by molar-refractivity contribution is 14.1. The molecule has 3 aromatic carbocycles. The molecule has 0 aliphatic rings. The van der Waals surface area contributed by atoms with Crippen LogP contribution in [-0.4, -0.2) is 27.4 Å². The van der Waals surface area contributed by atoms with E-state index in [2.05, 4.69) is 43.6 Å². The molecule has 9 nitrogen and oxygen atoms in total. The molecule has 0 saturated heterocycles. The number of ether oxygens (including phenoxy) is 2. The van der Waals surface area contributed by atoms with Crippen LogP contribution in [0.4, 0.5) is 5.69 Å². The van der Waals surface area contributed by atoms with E-state index in [0.29, 0.717) is 46.0 Å². The highest BCUT2D eigenvalue weighted by atomic mass is 127. The number of aromatic nitrogens is 2. The predicted octanol–water partition coefficient (Wildman–Crippen LogP) is 7.05. The van der Waals surface area contributed by atoms with Gasteiger partial charge in [0.05, 0.1) is 32.2 Å². The zero-order valence-electron chi connectivity index (χ0n) is 21.6. The molecule has 0 radical (unpaired) electrons. The van der Waals surface area contributed by atoms with E-state index in [9.17, 15) is 14.9 Å². The summed E-state index contributed by atoms with van der Waals surface area (Å²) in [4.78, 5) is 28.8. The summed E-state index contributed by atoms with van der Waals surface area (Å²) in [5.74, 6) is 1.64. The number of non-ortho nitro benzene ring substituents is 1. The largest absolute Gasteiger partial charge is 0.490 e. The first-order valence-electron chi connectivity index (χ1n) is 12.3.